The van der Waals surface area contributed by atoms with E-state index in [0.29, 0.717) is 23.9 Å². The summed E-state index contributed by atoms with van der Waals surface area (Å²) in [6.07, 6.45) is 57.2. The minimum absolute atomic E-state index is 0.0335. The summed E-state index contributed by atoms with van der Waals surface area (Å²) in [5, 5.41) is 0. The van der Waals surface area contributed by atoms with Crippen LogP contribution in [0.25, 0.3) is 0 Å². The Balaban J connectivity index is 4.01. The second-order valence-corrected chi connectivity index (χ2v) is 22.5. The van der Waals surface area contributed by atoms with Crippen molar-refractivity contribution in [2.45, 2.75) is 296 Å². The van der Waals surface area contributed by atoms with E-state index in [4.69, 9.17) is 18.5 Å². The van der Waals surface area contributed by atoms with Gasteiger partial charge in [-0.15, -0.1) is 0 Å². The van der Waals surface area contributed by atoms with E-state index in [1.54, 1.807) is 0 Å². The van der Waals surface area contributed by atoms with Gasteiger partial charge in [-0.05, 0) is 38.5 Å². The monoisotopic (exact) mass is 971 g/mol. The molecular formula is C57H113NO8P+. The zero-order chi connectivity index (χ0) is 49.2. The standard InChI is InChI=1S/C57H112NO8P/c1-6-8-10-12-14-16-18-20-22-23-24-25-26-27-28-29-30-31-32-33-34-35-36-38-39-41-43-45-47-49-56(59)63-53-55(54-65-67(61,62)64-52-51-58(3,4)5)66-57(60)50-48-46-44-42-40-37-21-19-17-15-13-11-9-7-2/h19,21,55H,6-18,20,22-54H2,1-5H3/p+1/b21-19-. The molecule has 0 amide bonds. The first-order valence-electron chi connectivity index (χ1n) is 28.9. The lowest BCUT2D eigenvalue weighted by Crippen LogP contribution is -2.37. The minimum Gasteiger partial charge on any atom is -0.462 e. The van der Waals surface area contributed by atoms with Crippen LogP contribution in [0.5, 0.6) is 0 Å². The van der Waals surface area contributed by atoms with Gasteiger partial charge in [-0.2, -0.15) is 0 Å². The summed E-state index contributed by atoms with van der Waals surface area (Å²) >= 11 is 0. The van der Waals surface area contributed by atoms with Crippen LogP contribution in [0.4, 0.5) is 0 Å². The summed E-state index contributed by atoms with van der Waals surface area (Å²) in [5.41, 5.74) is 0. The van der Waals surface area contributed by atoms with Gasteiger partial charge in [-0.3, -0.25) is 18.6 Å². The van der Waals surface area contributed by atoms with Crippen molar-refractivity contribution in [1.82, 2.24) is 0 Å². The fourth-order valence-electron chi connectivity index (χ4n) is 8.54. The highest BCUT2D eigenvalue weighted by Gasteiger charge is 2.27. The van der Waals surface area contributed by atoms with Gasteiger partial charge in [0.05, 0.1) is 27.7 Å². The minimum atomic E-state index is -4.38. The molecule has 0 heterocycles. The predicted octanol–water partition coefficient (Wildman–Crippen LogP) is 17.7. The maximum atomic E-state index is 12.7. The molecule has 0 spiro atoms. The highest BCUT2D eigenvalue weighted by Crippen LogP contribution is 2.43. The number of hydrogen-bond acceptors (Lipinski definition) is 7. The van der Waals surface area contributed by atoms with Crippen LogP contribution in [0.1, 0.15) is 290 Å². The van der Waals surface area contributed by atoms with Crippen LogP contribution in [0.3, 0.4) is 0 Å². The van der Waals surface area contributed by atoms with Gasteiger partial charge in [-0.25, -0.2) is 4.57 Å². The average Bonchev–Trinajstić information content (AvgIpc) is 3.29. The first kappa shape index (κ1) is 65.8. The van der Waals surface area contributed by atoms with E-state index in [1.165, 1.54) is 205 Å². The van der Waals surface area contributed by atoms with Crippen LogP contribution in [0.2, 0.25) is 0 Å². The van der Waals surface area contributed by atoms with E-state index in [9.17, 15) is 19.0 Å². The Morgan fingerprint density at radius 2 is 0.761 bits per heavy atom. The number of unbranched alkanes of at least 4 members (excludes halogenated alkanes) is 38. The van der Waals surface area contributed by atoms with Crippen molar-refractivity contribution in [3.05, 3.63) is 12.2 Å². The Morgan fingerprint density at radius 1 is 0.448 bits per heavy atom. The smallest absolute Gasteiger partial charge is 0.462 e. The molecule has 0 rings (SSSR count). The van der Waals surface area contributed by atoms with Gasteiger partial charge in [0.1, 0.15) is 19.8 Å². The fraction of sp³-hybridized carbons (Fsp3) is 0.930. The van der Waals surface area contributed by atoms with Gasteiger partial charge >= 0.3 is 19.8 Å². The lowest BCUT2D eigenvalue weighted by Gasteiger charge is -2.24. The fourth-order valence-corrected chi connectivity index (χ4v) is 9.28. The molecule has 2 unspecified atom stereocenters. The van der Waals surface area contributed by atoms with Crippen molar-refractivity contribution in [3.63, 3.8) is 0 Å². The molecule has 0 aromatic heterocycles. The van der Waals surface area contributed by atoms with Crippen molar-refractivity contribution in [1.29, 1.82) is 0 Å². The zero-order valence-electron chi connectivity index (χ0n) is 45.2. The van der Waals surface area contributed by atoms with Crippen LogP contribution in [0.15, 0.2) is 12.2 Å². The van der Waals surface area contributed by atoms with Crippen molar-refractivity contribution >= 4 is 19.8 Å². The molecule has 398 valence electrons. The lowest BCUT2D eigenvalue weighted by molar-refractivity contribution is -0.870. The first-order valence-corrected chi connectivity index (χ1v) is 30.4. The summed E-state index contributed by atoms with van der Waals surface area (Å²) in [6.45, 7) is 4.46. The third kappa shape index (κ3) is 53.9. The predicted molar refractivity (Wildman–Crippen MR) is 284 cm³/mol. The number of carbonyl (C=O) groups excluding carboxylic acids is 2. The second kappa shape index (κ2) is 49.7. The average molecular weight is 972 g/mol. The number of carbonyl (C=O) groups is 2. The number of quaternary nitrogens is 1. The molecule has 0 radical (unpaired) electrons. The van der Waals surface area contributed by atoms with E-state index in [1.807, 2.05) is 21.1 Å². The van der Waals surface area contributed by atoms with E-state index in [2.05, 4.69) is 26.0 Å². The van der Waals surface area contributed by atoms with Gasteiger partial charge in [0, 0.05) is 12.8 Å². The number of hydrogen-bond donors (Lipinski definition) is 1. The lowest BCUT2D eigenvalue weighted by atomic mass is 10.0. The molecule has 0 aliphatic heterocycles. The largest absolute Gasteiger partial charge is 0.472 e. The number of phosphoric acid groups is 1. The summed E-state index contributed by atoms with van der Waals surface area (Å²) in [5.74, 6) is -0.791. The summed E-state index contributed by atoms with van der Waals surface area (Å²) in [6, 6.07) is 0. The van der Waals surface area contributed by atoms with Crippen LogP contribution < -0.4 is 0 Å². The maximum Gasteiger partial charge on any atom is 0.472 e. The number of phosphoric ester groups is 1. The Morgan fingerprint density at radius 3 is 1.10 bits per heavy atom. The molecule has 0 aliphatic rings. The molecule has 0 aromatic rings. The van der Waals surface area contributed by atoms with E-state index >= 15 is 0 Å². The topological polar surface area (TPSA) is 108 Å². The Kier molecular flexibility index (Phi) is 48.8. The molecule has 0 saturated carbocycles. The summed E-state index contributed by atoms with van der Waals surface area (Å²) in [7, 11) is 1.49. The van der Waals surface area contributed by atoms with Crippen molar-refractivity contribution in [3.8, 4) is 0 Å². The third-order valence-corrected chi connectivity index (χ3v) is 14.0. The molecule has 67 heavy (non-hydrogen) atoms. The van der Waals surface area contributed by atoms with Crippen LogP contribution in [-0.4, -0.2) is 74.9 Å². The van der Waals surface area contributed by atoms with Crippen molar-refractivity contribution < 1.29 is 42.1 Å². The van der Waals surface area contributed by atoms with Gasteiger partial charge in [-0.1, -0.05) is 251 Å². The van der Waals surface area contributed by atoms with Gasteiger partial charge in [0.2, 0.25) is 0 Å². The number of allylic oxidation sites excluding steroid dienone is 2. The normalized spacial score (nSPS) is 13.3. The quantitative estimate of drug-likeness (QED) is 0.0211. The van der Waals surface area contributed by atoms with E-state index in [0.717, 1.165) is 51.4 Å². The van der Waals surface area contributed by atoms with Gasteiger partial charge in [0.25, 0.3) is 0 Å². The molecular weight excluding hydrogens is 858 g/mol. The van der Waals surface area contributed by atoms with Crippen molar-refractivity contribution in [2.24, 2.45) is 0 Å². The molecule has 0 bridgehead atoms. The highest BCUT2D eigenvalue weighted by atomic mass is 31.2. The summed E-state index contributed by atoms with van der Waals surface area (Å²) in [4.78, 5) is 35.6. The molecule has 2 atom stereocenters. The molecule has 0 aliphatic carbocycles. The molecule has 0 saturated heterocycles. The van der Waals surface area contributed by atoms with Gasteiger partial charge < -0.3 is 18.9 Å². The Bertz CT molecular complexity index is 1140. The first-order chi connectivity index (χ1) is 32.5. The van der Waals surface area contributed by atoms with Crippen LogP contribution in [-0.2, 0) is 32.7 Å². The Labute approximate surface area is 416 Å². The second-order valence-electron chi connectivity index (χ2n) is 21.0. The number of likely N-dealkylation sites (N-methyl/N-ethyl adjacent to an activating group) is 1. The molecule has 9 nitrogen and oxygen atoms in total. The van der Waals surface area contributed by atoms with Crippen LogP contribution >= 0.6 is 7.82 Å². The zero-order valence-corrected chi connectivity index (χ0v) is 46.1. The van der Waals surface area contributed by atoms with E-state index in [-0.39, 0.29) is 25.6 Å². The molecule has 10 heteroatoms. The highest BCUT2D eigenvalue weighted by molar-refractivity contribution is 7.47. The SMILES string of the molecule is CCCCCCC/C=C\CCCCCCCC(=O)OC(COC(=O)CCCCCCCCCCCCCCCCCCCCCCCCCCCCCCC)COP(=O)(O)OCC[N+](C)(C)C. The van der Waals surface area contributed by atoms with E-state index < -0.39 is 26.5 Å². The number of esters is 2. The third-order valence-electron chi connectivity index (χ3n) is 13.0. The number of ether oxygens (including phenoxy) is 2. The molecule has 1 N–H and O–H groups in total. The van der Waals surface area contributed by atoms with Gasteiger partial charge in [0.15, 0.2) is 6.10 Å². The molecule has 0 fully saturated rings. The Hall–Kier alpha value is -1.25. The number of rotatable bonds is 54. The summed E-state index contributed by atoms with van der Waals surface area (Å²) < 4.78 is 34.5. The van der Waals surface area contributed by atoms with Crippen molar-refractivity contribution in [2.75, 3.05) is 47.5 Å². The maximum absolute atomic E-state index is 12.7. The number of nitrogens with zero attached hydrogens (tertiary/aromatic N) is 1. The van der Waals surface area contributed by atoms with Crippen LogP contribution in [0, 0.1) is 0 Å². The molecule has 0 aromatic carbocycles.